The molecule has 6 rings (SSSR count). The first-order chi connectivity index (χ1) is 19.9. The second-order valence-corrected chi connectivity index (χ2v) is 9.86. The zero-order chi connectivity index (χ0) is 30.0. The molecule has 216 valence electrons. The van der Waals surface area contributed by atoms with Gasteiger partial charge in [0.1, 0.15) is 11.5 Å². The minimum atomic E-state index is -4.97. The van der Waals surface area contributed by atoms with Crippen LogP contribution >= 0.6 is 11.6 Å². The molecular weight excluding hydrogens is 585 g/mol. The molecule has 1 atom stereocenters. The van der Waals surface area contributed by atoms with Crippen molar-refractivity contribution in [3.8, 4) is 17.3 Å². The molecule has 0 aliphatic carbocycles. The average Bonchev–Trinajstić information content (AvgIpc) is 3.54. The molecule has 0 saturated carbocycles. The zero-order valence-corrected chi connectivity index (χ0v) is 22.4. The number of methoxy groups -OCH3 is 1. The number of imide groups is 1. The summed E-state index contributed by atoms with van der Waals surface area (Å²) < 4.78 is 61.4. The van der Waals surface area contributed by atoms with Crippen molar-refractivity contribution in [2.45, 2.75) is 25.4 Å². The number of amides is 2. The first-order valence-corrected chi connectivity index (χ1v) is 12.5. The molecule has 3 aromatic carbocycles. The minimum Gasteiger partial charge on any atom is -0.497 e. The molecule has 3 heterocycles. The van der Waals surface area contributed by atoms with Gasteiger partial charge in [0.15, 0.2) is 11.4 Å². The summed E-state index contributed by atoms with van der Waals surface area (Å²) in [5.74, 6) is -0.753. The maximum atomic E-state index is 13.9. The average molecular weight is 603 g/mol. The summed E-state index contributed by atoms with van der Waals surface area (Å²) in [4.78, 5) is 38.1. The SMILES string of the molecule is COc1ccc2c(-n3c(=O)n(Cc4cc([C@]5(C)OC(=O)NC5=O)ccc4Cl)c4ccc(OC(F)(F)F)cc43)noc2c1. The van der Waals surface area contributed by atoms with Gasteiger partial charge in [0.2, 0.25) is 5.60 Å². The molecule has 1 saturated heterocycles. The maximum Gasteiger partial charge on any atom is 0.573 e. The number of alkyl halides is 3. The number of aromatic nitrogens is 3. The molecular formula is C27H18ClF3N4O7. The van der Waals surface area contributed by atoms with E-state index in [2.05, 4.69) is 15.2 Å². The van der Waals surface area contributed by atoms with Gasteiger partial charge < -0.3 is 18.7 Å². The molecule has 1 N–H and O–H groups in total. The molecule has 0 spiro atoms. The molecule has 15 heteroatoms. The van der Waals surface area contributed by atoms with Crippen molar-refractivity contribution in [1.82, 2.24) is 19.6 Å². The lowest BCUT2D eigenvalue weighted by atomic mass is 9.94. The maximum absolute atomic E-state index is 13.9. The number of imidazole rings is 1. The van der Waals surface area contributed by atoms with Crippen LogP contribution in [0.4, 0.5) is 18.0 Å². The summed E-state index contributed by atoms with van der Waals surface area (Å²) in [6.07, 6.45) is -5.88. The van der Waals surface area contributed by atoms with Crippen molar-refractivity contribution in [1.29, 1.82) is 0 Å². The van der Waals surface area contributed by atoms with Crippen LogP contribution < -0.4 is 20.5 Å². The van der Waals surface area contributed by atoms with Crippen molar-refractivity contribution in [3.05, 3.63) is 81.2 Å². The Bertz CT molecular complexity index is 1980. The highest BCUT2D eigenvalue weighted by molar-refractivity contribution is 6.31. The first kappa shape index (κ1) is 27.2. The summed E-state index contributed by atoms with van der Waals surface area (Å²) in [5.41, 5.74) is -1.14. The number of carbonyl (C=O) groups is 2. The summed E-state index contributed by atoms with van der Waals surface area (Å²) in [5, 5.41) is 6.71. The monoisotopic (exact) mass is 602 g/mol. The van der Waals surface area contributed by atoms with E-state index in [-0.39, 0.29) is 34.0 Å². The number of nitrogens with zero attached hydrogens (tertiary/aromatic N) is 3. The van der Waals surface area contributed by atoms with E-state index in [0.29, 0.717) is 22.3 Å². The largest absolute Gasteiger partial charge is 0.573 e. The predicted octanol–water partition coefficient (Wildman–Crippen LogP) is 5.02. The number of nitrogens with one attached hydrogen (secondary N) is 1. The van der Waals surface area contributed by atoms with Crippen molar-refractivity contribution in [2.75, 3.05) is 7.11 Å². The highest BCUT2D eigenvalue weighted by Gasteiger charge is 2.46. The van der Waals surface area contributed by atoms with Crippen LogP contribution in [-0.2, 0) is 21.7 Å². The predicted molar refractivity (Wildman–Crippen MR) is 141 cm³/mol. The fourth-order valence-electron chi connectivity index (χ4n) is 4.81. The third-order valence-electron chi connectivity index (χ3n) is 6.88. The van der Waals surface area contributed by atoms with Gasteiger partial charge in [-0.1, -0.05) is 22.8 Å². The molecule has 2 aromatic heterocycles. The number of rotatable bonds is 6. The molecule has 11 nitrogen and oxygen atoms in total. The Morgan fingerprint density at radius 1 is 1.02 bits per heavy atom. The number of cyclic esters (lactones) is 1. The van der Waals surface area contributed by atoms with E-state index in [1.165, 1.54) is 42.9 Å². The van der Waals surface area contributed by atoms with Crippen LogP contribution in [0.15, 0.2) is 63.9 Å². The van der Waals surface area contributed by atoms with E-state index in [1.54, 1.807) is 18.2 Å². The molecule has 1 aliphatic heterocycles. The number of halogens is 4. The van der Waals surface area contributed by atoms with Crippen LogP contribution in [0.3, 0.4) is 0 Å². The Morgan fingerprint density at radius 3 is 2.48 bits per heavy atom. The second kappa shape index (κ2) is 9.55. The number of hydrogen-bond donors (Lipinski definition) is 1. The Balaban J connectivity index is 1.53. The fraction of sp³-hybridized carbons (Fsp3) is 0.185. The molecule has 1 aliphatic rings. The van der Waals surface area contributed by atoms with E-state index in [0.717, 1.165) is 16.7 Å². The number of hydrogen-bond acceptors (Lipinski definition) is 8. The van der Waals surface area contributed by atoms with Gasteiger partial charge in [-0.25, -0.2) is 14.2 Å². The van der Waals surface area contributed by atoms with Gasteiger partial charge in [0.25, 0.3) is 5.91 Å². The van der Waals surface area contributed by atoms with Crippen molar-refractivity contribution in [3.63, 3.8) is 0 Å². The quantitative estimate of drug-likeness (QED) is 0.287. The molecule has 0 unspecified atom stereocenters. The molecule has 1 fully saturated rings. The van der Waals surface area contributed by atoms with Crippen molar-refractivity contribution in [2.24, 2.45) is 0 Å². The van der Waals surface area contributed by atoms with Crippen LogP contribution in [0.5, 0.6) is 11.5 Å². The van der Waals surface area contributed by atoms with E-state index in [4.69, 9.17) is 25.6 Å². The second-order valence-electron chi connectivity index (χ2n) is 9.45. The number of ether oxygens (including phenoxy) is 3. The smallest absolute Gasteiger partial charge is 0.497 e. The zero-order valence-electron chi connectivity index (χ0n) is 21.6. The first-order valence-electron chi connectivity index (χ1n) is 12.2. The number of fused-ring (bicyclic) bond motifs is 2. The van der Waals surface area contributed by atoms with Gasteiger partial charge in [0.05, 0.1) is 30.1 Å². The van der Waals surface area contributed by atoms with Gasteiger partial charge in [0, 0.05) is 22.7 Å². The van der Waals surface area contributed by atoms with Crippen LogP contribution in [0.2, 0.25) is 5.02 Å². The van der Waals surface area contributed by atoms with Gasteiger partial charge in [-0.05, 0) is 48.9 Å². The molecule has 42 heavy (non-hydrogen) atoms. The highest BCUT2D eigenvalue weighted by Crippen LogP contribution is 2.34. The lowest BCUT2D eigenvalue weighted by Crippen LogP contribution is -2.33. The minimum absolute atomic E-state index is 0.0208. The summed E-state index contributed by atoms with van der Waals surface area (Å²) >= 11 is 6.46. The van der Waals surface area contributed by atoms with E-state index in [9.17, 15) is 27.6 Å². The Kier molecular flexibility index (Phi) is 6.18. The van der Waals surface area contributed by atoms with E-state index >= 15 is 0 Å². The Morgan fingerprint density at radius 2 is 1.79 bits per heavy atom. The topological polar surface area (TPSA) is 127 Å². The Hall–Kier alpha value is -4.98. The standard InChI is InChI=1S/C27H18ClF3N4O7/c1-26(23(36)32-24(37)41-26)14-3-7-18(28)13(9-14)12-34-19-8-5-16(40-27(29,30)31)10-20(19)35(25(34)38)22-17-6-4-15(39-2)11-21(17)42-33-22/h3-11H,12H2,1-2H3,(H,32,36,37)/t26-/m0/s1. The lowest BCUT2D eigenvalue weighted by molar-refractivity contribution is -0.274. The van der Waals surface area contributed by atoms with Crippen molar-refractivity contribution >= 4 is 45.6 Å². The van der Waals surface area contributed by atoms with E-state index in [1.807, 2.05) is 0 Å². The third-order valence-corrected chi connectivity index (χ3v) is 7.25. The van der Waals surface area contributed by atoms with Crippen LogP contribution in [-0.4, -0.2) is 39.8 Å². The summed E-state index contributed by atoms with van der Waals surface area (Å²) in [6.45, 7) is 1.23. The van der Waals surface area contributed by atoms with Crippen molar-refractivity contribution < 1.29 is 41.5 Å². The summed E-state index contributed by atoms with van der Waals surface area (Å²) in [6, 6.07) is 12.7. The summed E-state index contributed by atoms with van der Waals surface area (Å²) in [7, 11) is 1.46. The molecule has 0 radical (unpaired) electrons. The van der Waals surface area contributed by atoms with E-state index < -0.39 is 35.4 Å². The van der Waals surface area contributed by atoms with Gasteiger partial charge in [-0.15, -0.1) is 13.2 Å². The van der Waals surface area contributed by atoms with Gasteiger partial charge in [-0.2, -0.15) is 0 Å². The highest BCUT2D eigenvalue weighted by atomic mass is 35.5. The molecule has 0 bridgehead atoms. The molecule has 5 aromatic rings. The number of benzene rings is 3. The third kappa shape index (κ3) is 4.49. The number of carbonyl (C=O) groups excluding carboxylic acids is 2. The van der Waals surface area contributed by atoms with Gasteiger partial charge >= 0.3 is 18.1 Å². The fourth-order valence-corrected chi connectivity index (χ4v) is 4.98. The normalized spacial score (nSPS) is 17.1. The lowest BCUT2D eigenvalue weighted by Gasteiger charge is -2.21. The Labute approximate surface area is 237 Å². The molecule has 2 amide bonds. The van der Waals surface area contributed by atoms with Crippen LogP contribution in [0.25, 0.3) is 27.8 Å². The van der Waals surface area contributed by atoms with Crippen LogP contribution in [0.1, 0.15) is 18.1 Å². The van der Waals surface area contributed by atoms with Gasteiger partial charge in [-0.3, -0.25) is 14.7 Å². The number of alkyl carbamates (subject to hydrolysis) is 1. The van der Waals surface area contributed by atoms with Crippen LogP contribution in [0, 0.1) is 0 Å².